The van der Waals surface area contributed by atoms with Gasteiger partial charge in [-0.05, 0) is 35.9 Å². The van der Waals surface area contributed by atoms with Gasteiger partial charge in [-0.2, -0.15) is 0 Å². The molecule has 0 aliphatic carbocycles. The molecule has 1 aromatic heterocycles. The van der Waals surface area contributed by atoms with E-state index < -0.39 is 0 Å². The summed E-state index contributed by atoms with van der Waals surface area (Å²) >= 11 is 0. The summed E-state index contributed by atoms with van der Waals surface area (Å²) in [6.45, 7) is 1.92. The topological polar surface area (TPSA) is 73.8 Å². The van der Waals surface area contributed by atoms with Gasteiger partial charge in [0.2, 0.25) is 5.91 Å². The van der Waals surface area contributed by atoms with Crippen LogP contribution in [-0.4, -0.2) is 65.7 Å². The van der Waals surface area contributed by atoms with Crippen LogP contribution in [0.25, 0.3) is 0 Å². The molecule has 2 aromatic rings. The van der Waals surface area contributed by atoms with E-state index in [4.69, 9.17) is 0 Å². The molecule has 7 heteroatoms. The summed E-state index contributed by atoms with van der Waals surface area (Å²) in [6, 6.07) is 10.7. The van der Waals surface area contributed by atoms with Gasteiger partial charge in [-0.15, -0.1) is 0 Å². The van der Waals surface area contributed by atoms with E-state index in [1.165, 1.54) is 0 Å². The van der Waals surface area contributed by atoms with Crippen molar-refractivity contribution in [3.63, 3.8) is 0 Å². The molecule has 0 radical (unpaired) electrons. The fraction of sp³-hybridized carbons (Fsp3) is 0.300. The van der Waals surface area contributed by atoms with Gasteiger partial charge in [-0.1, -0.05) is 6.07 Å². The fourth-order valence-corrected chi connectivity index (χ4v) is 3.55. The van der Waals surface area contributed by atoms with Crippen molar-refractivity contribution >= 4 is 23.4 Å². The van der Waals surface area contributed by atoms with Gasteiger partial charge < -0.3 is 14.7 Å². The van der Waals surface area contributed by atoms with Crippen molar-refractivity contribution in [1.29, 1.82) is 0 Å². The summed E-state index contributed by atoms with van der Waals surface area (Å²) in [4.78, 5) is 46.3. The number of fused-ring (bicyclic) bond motifs is 1. The largest absolute Gasteiger partial charge is 0.335 e. The van der Waals surface area contributed by atoms with Crippen molar-refractivity contribution in [2.24, 2.45) is 0 Å². The van der Waals surface area contributed by atoms with Crippen LogP contribution in [0.1, 0.15) is 26.4 Å². The minimum absolute atomic E-state index is 0.0382. The number of hydrogen-bond acceptors (Lipinski definition) is 4. The lowest BCUT2D eigenvalue weighted by atomic mass is 10.1. The Balaban J connectivity index is 1.42. The zero-order valence-corrected chi connectivity index (χ0v) is 15.1. The molecule has 0 N–H and O–H groups in total. The van der Waals surface area contributed by atoms with Gasteiger partial charge in [0.25, 0.3) is 11.8 Å². The molecule has 3 heterocycles. The molecule has 27 heavy (non-hydrogen) atoms. The highest BCUT2D eigenvalue weighted by atomic mass is 16.2. The number of amides is 3. The minimum Gasteiger partial charge on any atom is -0.335 e. The number of pyridine rings is 1. The van der Waals surface area contributed by atoms with Gasteiger partial charge in [-0.25, -0.2) is 0 Å². The standard InChI is InChI=1S/C20H20N4O3/c1-22-17-6-5-14(12-15(17)13-18(22)25)19(26)23-8-10-24(11-9-23)20(27)16-4-2-3-7-21-16/h2-7,12H,8-11,13H2,1H3. The molecule has 0 spiro atoms. The SMILES string of the molecule is CN1C(=O)Cc2cc(C(=O)N3CCN(C(=O)c4ccccn4)CC3)ccc21. The quantitative estimate of drug-likeness (QED) is 0.803. The molecule has 4 rings (SSSR count). The molecule has 2 aliphatic rings. The number of carbonyl (C=O) groups excluding carboxylic acids is 3. The van der Waals surface area contributed by atoms with Crippen molar-refractivity contribution < 1.29 is 14.4 Å². The number of anilines is 1. The molecule has 1 fully saturated rings. The number of carbonyl (C=O) groups is 3. The van der Waals surface area contributed by atoms with Crippen molar-refractivity contribution in [3.05, 3.63) is 59.4 Å². The first kappa shape index (κ1) is 17.2. The van der Waals surface area contributed by atoms with E-state index in [0.717, 1.165) is 11.3 Å². The molecule has 0 atom stereocenters. The molecule has 7 nitrogen and oxygen atoms in total. The maximum Gasteiger partial charge on any atom is 0.272 e. The van der Waals surface area contributed by atoms with Crippen molar-refractivity contribution in [1.82, 2.24) is 14.8 Å². The van der Waals surface area contributed by atoms with Crippen LogP contribution in [-0.2, 0) is 11.2 Å². The molecule has 1 aromatic carbocycles. The molecule has 2 aliphatic heterocycles. The van der Waals surface area contributed by atoms with Crippen LogP contribution in [0.15, 0.2) is 42.6 Å². The molecule has 3 amide bonds. The van der Waals surface area contributed by atoms with Gasteiger partial charge in [0.05, 0.1) is 6.42 Å². The highest BCUT2D eigenvalue weighted by Crippen LogP contribution is 2.28. The molecule has 0 unspecified atom stereocenters. The minimum atomic E-state index is -0.109. The van der Waals surface area contributed by atoms with Crippen LogP contribution in [0.3, 0.4) is 0 Å². The Morgan fingerprint density at radius 1 is 0.963 bits per heavy atom. The maximum absolute atomic E-state index is 12.8. The summed E-state index contributed by atoms with van der Waals surface area (Å²) in [6.07, 6.45) is 1.93. The lowest BCUT2D eigenvalue weighted by Crippen LogP contribution is -2.50. The van der Waals surface area contributed by atoms with Gasteiger partial charge in [0.1, 0.15) is 5.69 Å². The van der Waals surface area contributed by atoms with Gasteiger partial charge in [0, 0.05) is 50.7 Å². The monoisotopic (exact) mass is 364 g/mol. The number of nitrogens with zero attached hydrogens (tertiary/aromatic N) is 4. The molecule has 1 saturated heterocycles. The van der Waals surface area contributed by atoms with Crippen LogP contribution in [0.5, 0.6) is 0 Å². The second kappa shape index (κ2) is 6.83. The zero-order valence-electron chi connectivity index (χ0n) is 15.1. The lowest BCUT2D eigenvalue weighted by molar-refractivity contribution is -0.117. The first-order chi connectivity index (χ1) is 13.0. The molecule has 0 saturated carbocycles. The summed E-state index contributed by atoms with van der Waals surface area (Å²) in [7, 11) is 1.74. The van der Waals surface area contributed by atoms with Crippen LogP contribution in [0.4, 0.5) is 5.69 Å². The molecular formula is C20H20N4O3. The average Bonchev–Trinajstić information content (AvgIpc) is 3.01. The number of piperazine rings is 1. The van der Waals surface area contributed by atoms with Gasteiger partial charge in [-0.3, -0.25) is 19.4 Å². The molecule has 0 bridgehead atoms. The van der Waals surface area contributed by atoms with E-state index in [1.54, 1.807) is 52.2 Å². The predicted molar refractivity (Wildman–Crippen MR) is 99.6 cm³/mol. The summed E-state index contributed by atoms with van der Waals surface area (Å²) in [5.74, 6) is -0.136. The van der Waals surface area contributed by atoms with E-state index in [-0.39, 0.29) is 17.7 Å². The smallest absolute Gasteiger partial charge is 0.272 e. The normalized spacial score (nSPS) is 16.5. The highest BCUT2D eigenvalue weighted by molar-refractivity contribution is 6.03. The fourth-order valence-electron chi connectivity index (χ4n) is 3.55. The Morgan fingerprint density at radius 3 is 2.33 bits per heavy atom. The van der Waals surface area contributed by atoms with Gasteiger partial charge in [0.15, 0.2) is 0 Å². The van der Waals surface area contributed by atoms with Crippen molar-refractivity contribution in [2.45, 2.75) is 6.42 Å². The second-order valence-corrected chi connectivity index (χ2v) is 6.77. The third kappa shape index (κ3) is 3.16. The van der Waals surface area contributed by atoms with Crippen molar-refractivity contribution in [3.8, 4) is 0 Å². The third-order valence-corrected chi connectivity index (χ3v) is 5.14. The zero-order chi connectivity index (χ0) is 19.0. The number of benzene rings is 1. The first-order valence-electron chi connectivity index (χ1n) is 8.93. The van der Waals surface area contributed by atoms with E-state index in [2.05, 4.69) is 4.98 Å². The van der Waals surface area contributed by atoms with Crippen molar-refractivity contribution in [2.75, 3.05) is 38.1 Å². The summed E-state index contributed by atoms with van der Waals surface area (Å²) < 4.78 is 0. The first-order valence-corrected chi connectivity index (χ1v) is 8.93. The number of hydrogen-bond donors (Lipinski definition) is 0. The number of aromatic nitrogens is 1. The number of rotatable bonds is 2. The summed E-state index contributed by atoms with van der Waals surface area (Å²) in [5.41, 5.74) is 2.76. The molecular weight excluding hydrogens is 344 g/mol. The Hall–Kier alpha value is -3.22. The second-order valence-electron chi connectivity index (χ2n) is 6.77. The van der Waals surface area contributed by atoms with Crippen LogP contribution in [0.2, 0.25) is 0 Å². The number of likely N-dealkylation sites (N-methyl/N-ethyl adjacent to an activating group) is 1. The van der Waals surface area contributed by atoms with E-state index in [1.807, 2.05) is 12.1 Å². The van der Waals surface area contributed by atoms with Crippen LogP contribution in [0, 0.1) is 0 Å². The average molecular weight is 364 g/mol. The predicted octanol–water partition coefficient (Wildman–Crippen LogP) is 1.20. The van der Waals surface area contributed by atoms with Gasteiger partial charge >= 0.3 is 0 Å². The Kier molecular flexibility index (Phi) is 4.35. The molecule has 138 valence electrons. The van der Waals surface area contributed by atoms with E-state index in [9.17, 15) is 14.4 Å². The Bertz CT molecular complexity index is 905. The lowest BCUT2D eigenvalue weighted by Gasteiger charge is -2.34. The Morgan fingerprint density at radius 2 is 1.67 bits per heavy atom. The van der Waals surface area contributed by atoms with E-state index >= 15 is 0 Å². The highest BCUT2D eigenvalue weighted by Gasteiger charge is 2.28. The summed E-state index contributed by atoms with van der Waals surface area (Å²) in [5, 5.41) is 0. The van der Waals surface area contributed by atoms with E-state index in [0.29, 0.717) is 43.9 Å². The Labute approximate surface area is 157 Å². The van der Waals surface area contributed by atoms with Crippen LogP contribution < -0.4 is 4.90 Å². The third-order valence-electron chi connectivity index (χ3n) is 5.14. The van der Waals surface area contributed by atoms with Crippen LogP contribution >= 0.6 is 0 Å². The maximum atomic E-state index is 12.8.